The Morgan fingerprint density at radius 3 is 2.67 bits per heavy atom. The number of carboxylic acids is 1. The van der Waals surface area contributed by atoms with E-state index in [0.717, 1.165) is 0 Å². The number of hydrogen-bond acceptors (Lipinski definition) is 4. The highest BCUT2D eigenvalue weighted by Crippen LogP contribution is 2.23. The second-order valence-corrected chi connectivity index (χ2v) is 4.06. The van der Waals surface area contributed by atoms with E-state index in [1.807, 2.05) is 0 Å². The van der Waals surface area contributed by atoms with Crippen LogP contribution in [0.4, 0.5) is 5.69 Å². The van der Waals surface area contributed by atoms with E-state index < -0.39 is 5.97 Å². The Hall–Kier alpha value is -2.08. The number of carboxylic acid groups (broad SMARTS) is 1. The summed E-state index contributed by atoms with van der Waals surface area (Å²) in [4.78, 5) is 22.8. The van der Waals surface area contributed by atoms with Crippen molar-refractivity contribution in [2.45, 2.75) is 0 Å². The lowest BCUT2D eigenvalue weighted by Crippen LogP contribution is -2.48. The fourth-order valence-electron chi connectivity index (χ4n) is 1.65. The van der Waals surface area contributed by atoms with Gasteiger partial charge >= 0.3 is 5.97 Å². The first-order chi connectivity index (χ1) is 8.61. The van der Waals surface area contributed by atoms with Crippen LogP contribution in [0.1, 0.15) is 10.4 Å². The minimum absolute atomic E-state index is 0.0523. The third kappa shape index (κ3) is 2.43. The molecular weight excluding hydrogens is 236 g/mol. The number of benzene rings is 1. The van der Waals surface area contributed by atoms with Crippen LogP contribution in [0.15, 0.2) is 18.2 Å². The van der Waals surface area contributed by atoms with Gasteiger partial charge in [-0.15, -0.1) is 0 Å². The maximum Gasteiger partial charge on any atom is 0.337 e. The lowest BCUT2D eigenvalue weighted by molar-refractivity contribution is -0.121. The smallest absolute Gasteiger partial charge is 0.337 e. The van der Waals surface area contributed by atoms with Crippen molar-refractivity contribution in [3.05, 3.63) is 23.8 Å². The Labute approximate surface area is 104 Å². The van der Waals surface area contributed by atoms with Gasteiger partial charge in [0.1, 0.15) is 5.75 Å². The van der Waals surface area contributed by atoms with Crippen LogP contribution in [0.3, 0.4) is 0 Å². The number of amides is 1. The molecule has 0 saturated carbocycles. The van der Waals surface area contributed by atoms with Gasteiger partial charge in [-0.05, 0) is 12.1 Å². The van der Waals surface area contributed by atoms with Crippen LogP contribution >= 0.6 is 0 Å². The predicted molar refractivity (Wildman–Crippen MR) is 64.9 cm³/mol. The topological polar surface area (TPSA) is 87.7 Å². The first-order valence-electron chi connectivity index (χ1n) is 5.54. The number of aromatic carboxylic acids is 1. The number of rotatable bonds is 4. The standard InChI is InChI=1S/C12H14N2O4/c1-18-8-2-3-9(12(16)17)10(4-8)14-11(15)7-5-13-6-7/h2-4,7,13H,5-6H2,1H3,(H,14,15)(H,16,17). The molecule has 1 aliphatic rings. The maximum absolute atomic E-state index is 11.8. The maximum atomic E-state index is 11.8. The van der Waals surface area contributed by atoms with Crippen LogP contribution in [0.25, 0.3) is 0 Å². The number of methoxy groups -OCH3 is 1. The van der Waals surface area contributed by atoms with Gasteiger partial charge in [0, 0.05) is 19.2 Å². The zero-order valence-corrected chi connectivity index (χ0v) is 9.90. The van der Waals surface area contributed by atoms with Crippen LogP contribution in [0, 0.1) is 5.92 Å². The minimum Gasteiger partial charge on any atom is -0.497 e. The molecule has 0 bridgehead atoms. The van der Waals surface area contributed by atoms with Gasteiger partial charge in [0.2, 0.25) is 5.91 Å². The molecule has 0 unspecified atom stereocenters. The van der Waals surface area contributed by atoms with Crippen molar-refractivity contribution in [3.8, 4) is 5.75 Å². The van der Waals surface area contributed by atoms with Gasteiger partial charge in [-0.3, -0.25) is 4.79 Å². The quantitative estimate of drug-likeness (QED) is 0.726. The molecule has 0 spiro atoms. The van der Waals surface area contributed by atoms with Gasteiger partial charge in [0.25, 0.3) is 0 Å². The van der Waals surface area contributed by atoms with Crippen molar-refractivity contribution in [1.82, 2.24) is 5.32 Å². The monoisotopic (exact) mass is 250 g/mol. The Morgan fingerprint density at radius 1 is 1.44 bits per heavy atom. The predicted octanol–water partition coefficient (Wildman–Crippen LogP) is 0.551. The average Bonchev–Trinajstić information content (AvgIpc) is 2.25. The second kappa shape index (κ2) is 5.05. The minimum atomic E-state index is -1.08. The largest absolute Gasteiger partial charge is 0.497 e. The summed E-state index contributed by atoms with van der Waals surface area (Å²) in [5.74, 6) is -0.857. The van der Waals surface area contributed by atoms with Crippen molar-refractivity contribution >= 4 is 17.6 Å². The summed E-state index contributed by atoms with van der Waals surface area (Å²) in [5.41, 5.74) is 0.315. The molecule has 1 aromatic rings. The van der Waals surface area contributed by atoms with Gasteiger partial charge in [-0.25, -0.2) is 4.79 Å². The van der Waals surface area contributed by atoms with Crippen molar-refractivity contribution < 1.29 is 19.4 Å². The fraction of sp³-hybridized carbons (Fsp3) is 0.333. The number of carbonyl (C=O) groups excluding carboxylic acids is 1. The van der Waals surface area contributed by atoms with Gasteiger partial charge in [0.15, 0.2) is 0 Å². The number of carbonyl (C=O) groups is 2. The lowest BCUT2D eigenvalue weighted by atomic mass is 10.0. The summed E-state index contributed by atoms with van der Waals surface area (Å²) in [7, 11) is 1.48. The van der Waals surface area contributed by atoms with E-state index >= 15 is 0 Å². The molecule has 0 aromatic heterocycles. The molecule has 6 heteroatoms. The highest BCUT2D eigenvalue weighted by Gasteiger charge is 2.26. The molecule has 1 amide bonds. The Bertz CT molecular complexity index is 483. The summed E-state index contributed by atoms with van der Waals surface area (Å²) in [6.45, 7) is 1.25. The number of ether oxygens (including phenoxy) is 1. The summed E-state index contributed by atoms with van der Waals surface area (Å²) >= 11 is 0. The Morgan fingerprint density at radius 2 is 2.17 bits per heavy atom. The molecule has 3 N–H and O–H groups in total. The molecule has 0 atom stereocenters. The molecule has 1 aliphatic heterocycles. The first kappa shape index (κ1) is 12.4. The van der Waals surface area contributed by atoms with E-state index in [9.17, 15) is 9.59 Å². The summed E-state index contributed by atoms with van der Waals surface area (Å²) in [5, 5.41) is 14.7. The molecule has 1 heterocycles. The fourth-order valence-corrected chi connectivity index (χ4v) is 1.65. The van der Waals surface area contributed by atoms with Crippen LogP contribution in [-0.4, -0.2) is 37.2 Å². The summed E-state index contributed by atoms with van der Waals surface area (Å²) in [6.07, 6.45) is 0. The summed E-state index contributed by atoms with van der Waals surface area (Å²) in [6, 6.07) is 4.47. The highest BCUT2D eigenvalue weighted by atomic mass is 16.5. The number of hydrogen-bond donors (Lipinski definition) is 3. The molecule has 1 fully saturated rings. The SMILES string of the molecule is COc1ccc(C(=O)O)c(NC(=O)C2CNC2)c1. The van der Waals surface area contributed by atoms with Gasteiger partial charge in [0.05, 0.1) is 24.3 Å². The molecule has 0 radical (unpaired) electrons. The average molecular weight is 250 g/mol. The molecule has 2 rings (SSSR count). The first-order valence-corrected chi connectivity index (χ1v) is 5.54. The van der Waals surface area contributed by atoms with Crippen molar-refractivity contribution in [1.29, 1.82) is 0 Å². The van der Waals surface area contributed by atoms with E-state index in [1.54, 1.807) is 6.07 Å². The third-order valence-electron chi connectivity index (χ3n) is 2.87. The van der Waals surface area contributed by atoms with Crippen molar-refractivity contribution in [2.75, 3.05) is 25.5 Å². The van der Waals surface area contributed by atoms with Crippen LogP contribution in [-0.2, 0) is 4.79 Å². The molecule has 6 nitrogen and oxygen atoms in total. The molecule has 1 aromatic carbocycles. The molecule has 1 saturated heterocycles. The Balaban J connectivity index is 2.22. The summed E-state index contributed by atoms with van der Waals surface area (Å²) < 4.78 is 5.02. The Kier molecular flexibility index (Phi) is 3.47. The van der Waals surface area contributed by atoms with E-state index in [0.29, 0.717) is 18.8 Å². The van der Waals surface area contributed by atoms with Crippen LogP contribution in [0.5, 0.6) is 5.75 Å². The van der Waals surface area contributed by atoms with E-state index in [4.69, 9.17) is 9.84 Å². The van der Waals surface area contributed by atoms with Gasteiger partial charge in [-0.2, -0.15) is 0 Å². The van der Waals surface area contributed by atoms with E-state index in [-0.39, 0.29) is 23.1 Å². The second-order valence-electron chi connectivity index (χ2n) is 4.06. The zero-order chi connectivity index (χ0) is 13.1. The lowest BCUT2D eigenvalue weighted by Gasteiger charge is -2.26. The molecule has 0 aliphatic carbocycles. The molecule has 96 valence electrons. The van der Waals surface area contributed by atoms with E-state index in [1.165, 1.54) is 19.2 Å². The van der Waals surface area contributed by atoms with Crippen molar-refractivity contribution in [3.63, 3.8) is 0 Å². The normalized spacial score (nSPS) is 14.7. The van der Waals surface area contributed by atoms with Crippen LogP contribution in [0.2, 0.25) is 0 Å². The van der Waals surface area contributed by atoms with Crippen molar-refractivity contribution in [2.24, 2.45) is 5.92 Å². The van der Waals surface area contributed by atoms with E-state index in [2.05, 4.69) is 10.6 Å². The third-order valence-corrected chi connectivity index (χ3v) is 2.87. The number of nitrogens with one attached hydrogen (secondary N) is 2. The van der Waals surface area contributed by atoms with Crippen LogP contribution < -0.4 is 15.4 Å². The highest BCUT2D eigenvalue weighted by molar-refractivity contribution is 6.01. The van der Waals surface area contributed by atoms with Gasteiger partial charge < -0.3 is 20.5 Å². The number of anilines is 1. The molecule has 18 heavy (non-hydrogen) atoms. The van der Waals surface area contributed by atoms with Gasteiger partial charge in [-0.1, -0.05) is 0 Å². The zero-order valence-electron chi connectivity index (χ0n) is 9.90. The molecular formula is C12H14N2O4.